The van der Waals surface area contributed by atoms with Crippen LogP contribution >= 0.6 is 0 Å². The second kappa shape index (κ2) is 3.42. The molecule has 0 atom stereocenters. The Balaban J connectivity index is 3.50. The molecule has 6 nitrogen and oxygen atoms in total. The van der Waals surface area contributed by atoms with E-state index >= 15 is 0 Å². The summed E-state index contributed by atoms with van der Waals surface area (Å²) in [6.07, 6.45) is -1.18. The number of carbonyl (C=O) groups excluding carboxylic acids is 3. The average Bonchev–Trinajstić information content (AvgIpc) is 1.63. The van der Waals surface area contributed by atoms with Crippen molar-refractivity contribution in [2.45, 2.75) is 0 Å². The highest BCUT2D eigenvalue weighted by atomic mass is 16.6. The molecule has 0 aromatic heterocycles. The van der Waals surface area contributed by atoms with Crippen LogP contribution in [0.15, 0.2) is 0 Å². The van der Waals surface area contributed by atoms with Crippen LogP contribution in [0.2, 0.25) is 0 Å². The quantitative estimate of drug-likeness (QED) is 0.351. The lowest BCUT2D eigenvalue weighted by molar-refractivity contribution is -0.123. The zero-order chi connectivity index (χ0) is 7.28. The normalized spacial score (nSPS) is 7.56. The lowest BCUT2D eigenvalue weighted by atomic mass is 11.0. The van der Waals surface area contributed by atoms with Crippen molar-refractivity contribution in [1.82, 2.24) is 5.32 Å². The Hall–Kier alpha value is -1.59. The minimum Gasteiger partial charge on any atom is -0.378 e. The number of hydrogen-bond acceptors (Lipinski definition) is 4. The molecule has 0 saturated heterocycles. The van der Waals surface area contributed by atoms with Gasteiger partial charge in [0.05, 0.1) is 0 Å². The molecular weight excluding hydrogens is 128 g/mol. The molecule has 50 valence electrons. The van der Waals surface area contributed by atoms with E-state index in [-0.39, 0.29) is 6.47 Å². The van der Waals surface area contributed by atoms with E-state index in [9.17, 15) is 14.4 Å². The number of carbonyl (C=O) groups is 3. The lowest BCUT2D eigenvalue weighted by Crippen LogP contribution is -2.35. The first-order valence-electron chi connectivity index (χ1n) is 1.87. The van der Waals surface area contributed by atoms with Gasteiger partial charge in [0, 0.05) is 0 Å². The van der Waals surface area contributed by atoms with Crippen molar-refractivity contribution in [3.05, 3.63) is 0 Å². The number of ether oxygens (including phenoxy) is 1. The van der Waals surface area contributed by atoms with Crippen LogP contribution < -0.4 is 11.1 Å². The molecule has 3 N–H and O–H groups in total. The standard InChI is InChI=1S/C3H4N2O4/c4-2(7)5-3(8)9-1-6/h1H,(H3,4,5,7,8). The Morgan fingerprint density at radius 2 is 2.11 bits per heavy atom. The summed E-state index contributed by atoms with van der Waals surface area (Å²) < 4.78 is 3.62. The second-order valence-corrected chi connectivity index (χ2v) is 0.991. The molecular formula is C3H4N2O4. The number of primary amides is 1. The fraction of sp³-hybridized carbons (Fsp3) is 0. The van der Waals surface area contributed by atoms with E-state index in [2.05, 4.69) is 10.5 Å². The molecule has 6 heteroatoms. The van der Waals surface area contributed by atoms with Crippen LogP contribution in [0, 0.1) is 0 Å². The first-order valence-corrected chi connectivity index (χ1v) is 1.87. The maximum Gasteiger partial charge on any atom is 0.422 e. The van der Waals surface area contributed by atoms with Crippen LogP contribution in [-0.2, 0) is 9.53 Å². The van der Waals surface area contributed by atoms with E-state index in [4.69, 9.17) is 0 Å². The summed E-state index contributed by atoms with van der Waals surface area (Å²) in [5.74, 6) is 0. The third-order valence-corrected chi connectivity index (χ3v) is 0.380. The van der Waals surface area contributed by atoms with Gasteiger partial charge in [-0.3, -0.25) is 4.79 Å². The first-order chi connectivity index (χ1) is 4.16. The second-order valence-electron chi connectivity index (χ2n) is 0.991. The molecule has 9 heavy (non-hydrogen) atoms. The summed E-state index contributed by atoms with van der Waals surface area (Å²) >= 11 is 0. The summed E-state index contributed by atoms with van der Waals surface area (Å²) in [6.45, 7) is -0.113. The van der Waals surface area contributed by atoms with Crippen LogP contribution in [0.5, 0.6) is 0 Å². The fourth-order valence-corrected chi connectivity index (χ4v) is 0.174. The highest BCUT2D eigenvalue weighted by molar-refractivity contribution is 5.91. The van der Waals surface area contributed by atoms with Crippen LogP contribution in [-0.4, -0.2) is 18.6 Å². The van der Waals surface area contributed by atoms with E-state index in [0.717, 1.165) is 0 Å². The summed E-state index contributed by atoms with van der Waals surface area (Å²) in [5.41, 5.74) is 4.46. The van der Waals surface area contributed by atoms with Gasteiger partial charge in [-0.25, -0.2) is 14.9 Å². The van der Waals surface area contributed by atoms with E-state index in [0.29, 0.717) is 0 Å². The molecule has 0 rings (SSSR count). The number of alkyl carbamates (subject to hydrolysis) is 1. The number of amides is 3. The van der Waals surface area contributed by atoms with E-state index in [1.54, 1.807) is 0 Å². The number of hydrogen-bond donors (Lipinski definition) is 2. The number of rotatable bonds is 1. The van der Waals surface area contributed by atoms with Crippen molar-refractivity contribution in [2.24, 2.45) is 5.73 Å². The number of nitrogens with one attached hydrogen (secondary N) is 1. The molecule has 0 aliphatic rings. The summed E-state index contributed by atoms with van der Waals surface area (Å²) in [7, 11) is 0. The van der Waals surface area contributed by atoms with Gasteiger partial charge in [-0.1, -0.05) is 0 Å². The van der Waals surface area contributed by atoms with Crippen LogP contribution in [0.3, 0.4) is 0 Å². The van der Waals surface area contributed by atoms with Gasteiger partial charge in [-0.2, -0.15) is 0 Å². The zero-order valence-electron chi connectivity index (χ0n) is 4.29. The molecule has 0 heterocycles. The fourth-order valence-electron chi connectivity index (χ4n) is 0.174. The molecule has 0 unspecified atom stereocenters. The summed E-state index contributed by atoms with van der Waals surface area (Å²) in [6, 6.07) is -1.07. The maximum absolute atomic E-state index is 9.99. The van der Waals surface area contributed by atoms with Crippen LogP contribution in [0.4, 0.5) is 9.59 Å². The SMILES string of the molecule is NC(=O)NC(=O)OC=O. The van der Waals surface area contributed by atoms with Crippen molar-refractivity contribution < 1.29 is 19.1 Å². The summed E-state index contributed by atoms with van der Waals surface area (Å²) in [4.78, 5) is 29.1. The first kappa shape index (κ1) is 7.41. The molecule has 0 aromatic rings. The Morgan fingerprint density at radius 3 is 2.44 bits per heavy atom. The third-order valence-electron chi connectivity index (χ3n) is 0.380. The van der Waals surface area contributed by atoms with E-state index < -0.39 is 12.1 Å². The molecule has 3 amide bonds. The van der Waals surface area contributed by atoms with Crippen molar-refractivity contribution >= 4 is 18.6 Å². The molecule has 0 bridgehead atoms. The van der Waals surface area contributed by atoms with Gasteiger partial charge in [-0.15, -0.1) is 0 Å². The van der Waals surface area contributed by atoms with Gasteiger partial charge >= 0.3 is 18.6 Å². The minimum atomic E-state index is -1.18. The molecule has 0 aliphatic heterocycles. The van der Waals surface area contributed by atoms with Gasteiger partial charge in [0.1, 0.15) is 0 Å². The van der Waals surface area contributed by atoms with Gasteiger partial charge in [0.25, 0.3) is 0 Å². The topological polar surface area (TPSA) is 98.5 Å². The Bertz CT molecular complexity index is 143. The molecule has 0 spiro atoms. The molecule has 0 aliphatic carbocycles. The number of imide groups is 1. The monoisotopic (exact) mass is 132 g/mol. The van der Waals surface area contributed by atoms with Gasteiger partial charge in [0.2, 0.25) is 0 Å². The number of nitrogens with two attached hydrogens (primary N) is 1. The van der Waals surface area contributed by atoms with Crippen molar-refractivity contribution in [2.75, 3.05) is 0 Å². The Labute approximate surface area is 50.0 Å². The molecule has 0 saturated carbocycles. The highest BCUT2D eigenvalue weighted by Crippen LogP contribution is 1.68. The van der Waals surface area contributed by atoms with Gasteiger partial charge in [0.15, 0.2) is 0 Å². The molecule has 0 radical (unpaired) electrons. The third kappa shape index (κ3) is 4.26. The van der Waals surface area contributed by atoms with Gasteiger partial charge < -0.3 is 10.5 Å². The Morgan fingerprint density at radius 1 is 1.56 bits per heavy atom. The van der Waals surface area contributed by atoms with Crippen molar-refractivity contribution in [1.29, 1.82) is 0 Å². The van der Waals surface area contributed by atoms with Crippen molar-refractivity contribution in [3.63, 3.8) is 0 Å². The molecule has 0 fully saturated rings. The number of urea groups is 1. The predicted molar refractivity (Wildman–Crippen MR) is 25.3 cm³/mol. The largest absolute Gasteiger partial charge is 0.422 e. The highest BCUT2D eigenvalue weighted by Gasteiger charge is 2.01. The smallest absolute Gasteiger partial charge is 0.378 e. The summed E-state index contributed by atoms with van der Waals surface area (Å²) in [5, 5.41) is 1.49. The predicted octanol–water partition coefficient (Wildman–Crippen LogP) is -1.05. The molecule has 0 aromatic carbocycles. The maximum atomic E-state index is 9.99. The Kier molecular flexibility index (Phi) is 2.81. The van der Waals surface area contributed by atoms with Crippen LogP contribution in [0.1, 0.15) is 0 Å². The lowest BCUT2D eigenvalue weighted by Gasteiger charge is -1.92. The van der Waals surface area contributed by atoms with Crippen LogP contribution in [0.25, 0.3) is 0 Å². The van der Waals surface area contributed by atoms with E-state index in [1.165, 1.54) is 5.32 Å². The van der Waals surface area contributed by atoms with Gasteiger partial charge in [-0.05, 0) is 0 Å². The average molecular weight is 132 g/mol. The van der Waals surface area contributed by atoms with Crippen molar-refractivity contribution in [3.8, 4) is 0 Å². The van der Waals surface area contributed by atoms with E-state index in [1.807, 2.05) is 0 Å². The minimum absolute atomic E-state index is 0.113. The zero-order valence-corrected chi connectivity index (χ0v) is 4.29.